The van der Waals surface area contributed by atoms with Crippen LogP contribution in [0.2, 0.25) is 0 Å². The zero-order valence-electron chi connectivity index (χ0n) is 22.7. The standard InChI is InChI=1S/C31H54BrNO2/c1-2-3-4-5-6-7-8-9-10-11-12-13-14-18-21-28(26-32)30(24-27-19-16-15-17-20-27)35-31-25-29(34)22-23-33-31/h22-23,25,27-28,30H,2-21,24,26H2,1H3,(H,33,34). The van der Waals surface area contributed by atoms with Gasteiger partial charge in [0.2, 0.25) is 0 Å². The molecule has 1 N–H and O–H groups in total. The third kappa shape index (κ3) is 14.5. The van der Waals surface area contributed by atoms with Crippen LogP contribution in [0.4, 0.5) is 0 Å². The molecule has 4 heteroatoms. The number of rotatable bonds is 21. The lowest BCUT2D eigenvalue weighted by Crippen LogP contribution is -2.32. The van der Waals surface area contributed by atoms with Gasteiger partial charge in [-0.15, -0.1) is 0 Å². The Morgan fingerprint density at radius 1 is 0.886 bits per heavy atom. The molecule has 0 bridgehead atoms. The number of pyridine rings is 1. The van der Waals surface area contributed by atoms with Crippen LogP contribution in [0.1, 0.15) is 142 Å². The summed E-state index contributed by atoms with van der Waals surface area (Å²) in [6.45, 7) is 2.29. The summed E-state index contributed by atoms with van der Waals surface area (Å²) in [5.41, 5.74) is 0.0116. The van der Waals surface area contributed by atoms with Crippen molar-refractivity contribution in [3.63, 3.8) is 0 Å². The van der Waals surface area contributed by atoms with E-state index in [1.54, 1.807) is 18.3 Å². The second kappa shape index (κ2) is 20.3. The van der Waals surface area contributed by atoms with E-state index in [0.717, 1.165) is 17.7 Å². The van der Waals surface area contributed by atoms with Crippen LogP contribution in [-0.2, 0) is 0 Å². The molecule has 0 amide bonds. The van der Waals surface area contributed by atoms with Crippen molar-refractivity contribution >= 4 is 15.9 Å². The Hall–Kier alpha value is -0.770. The molecule has 1 fully saturated rings. The van der Waals surface area contributed by atoms with Crippen LogP contribution in [0.5, 0.6) is 5.88 Å². The lowest BCUT2D eigenvalue weighted by Gasteiger charge is -2.31. The van der Waals surface area contributed by atoms with E-state index in [4.69, 9.17) is 4.74 Å². The molecule has 0 aromatic carbocycles. The van der Waals surface area contributed by atoms with Crippen molar-refractivity contribution in [1.29, 1.82) is 0 Å². The quantitative estimate of drug-likeness (QED) is 0.122. The topological polar surface area (TPSA) is 42.1 Å². The average molecular weight is 553 g/mol. The fraction of sp³-hybridized carbons (Fsp3) is 0.839. The van der Waals surface area contributed by atoms with Gasteiger partial charge in [-0.1, -0.05) is 145 Å². The first kappa shape index (κ1) is 30.5. The van der Waals surface area contributed by atoms with Crippen molar-refractivity contribution in [2.45, 2.75) is 148 Å². The maximum atomic E-state index is 11.8. The molecule has 1 aromatic heterocycles. The summed E-state index contributed by atoms with van der Waals surface area (Å²) in [5, 5.41) is 0.972. The summed E-state index contributed by atoms with van der Waals surface area (Å²) in [5.74, 6) is 1.89. The van der Waals surface area contributed by atoms with E-state index in [1.807, 2.05) is 0 Å². The molecule has 0 radical (unpaired) electrons. The Morgan fingerprint density at radius 3 is 2.00 bits per heavy atom. The zero-order valence-corrected chi connectivity index (χ0v) is 24.3. The number of unbranched alkanes of at least 4 members (excludes halogenated alkanes) is 13. The molecule has 1 aliphatic carbocycles. The smallest absolute Gasteiger partial charge is 0.194 e. The maximum Gasteiger partial charge on any atom is 0.194 e. The van der Waals surface area contributed by atoms with E-state index in [1.165, 1.54) is 128 Å². The number of hydrogen-bond acceptors (Lipinski definition) is 2. The Bertz CT molecular complexity index is 670. The maximum absolute atomic E-state index is 11.8. The fourth-order valence-corrected chi connectivity index (χ4v) is 6.45. The third-order valence-corrected chi connectivity index (χ3v) is 8.80. The molecule has 202 valence electrons. The van der Waals surface area contributed by atoms with E-state index in [2.05, 4.69) is 27.8 Å². The predicted octanol–water partition coefficient (Wildman–Crippen LogP) is 9.98. The number of nitrogens with one attached hydrogen (secondary N) is 1. The summed E-state index contributed by atoms with van der Waals surface area (Å²) in [6, 6.07) is 3.16. The highest BCUT2D eigenvalue weighted by atomic mass is 79.9. The average Bonchev–Trinajstić information content (AvgIpc) is 2.87. The van der Waals surface area contributed by atoms with Crippen molar-refractivity contribution in [3.05, 3.63) is 28.6 Å². The van der Waals surface area contributed by atoms with Gasteiger partial charge in [-0.3, -0.25) is 4.79 Å². The molecule has 1 heterocycles. The lowest BCUT2D eigenvalue weighted by molar-refractivity contribution is 0.0964. The molecule has 0 saturated heterocycles. The van der Waals surface area contributed by atoms with E-state index in [-0.39, 0.29) is 11.5 Å². The summed E-state index contributed by atoms with van der Waals surface area (Å²) in [6.07, 6.45) is 30.6. The molecule has 2 rings (SSSR count). The van der Waals surface area contributed by atoms with Crippen molar-refractivity contribution in [1.82, 2.24) is 4.98 Å². The number of halogens is 1. The second-order valence-electron chi connectivity index (χ2n) is 11.1. The Morgan fingerprint density at radius 2 is 1.46 bits per heavy atom. The molecular formula is C31H54BrNO2. The van der Waals surface area contributed by atoms with E-state index in [0.29, 0.717) is 11.8 Å². The largest absolute Gasteiger partial charge is 0.475 e. The van der Waals surface area contributed by atoms with Crippen molar-refractivity contribution in [2.75, 3.05) is 5.33 Å². The summed E-state index contributed by atoms with van der Waals surface area (Å²) in [4.78, 5) is 14.9. The fourth-order valence-electron chi connectivity index (χ4n) is 5.71. The molecule has 35 heavy (non-hydrogen) atoms. The van der Waals surface area contributed by atoms with Gasteiger partial charge in [-0.05, 0) is 18.8 Å². The van der Waals surface area contributed by atoms with Gasteiger partial charge >= 0.3 is 0 Å². The molecule has 2 atom stereocenters. The molecule has 2 unspecified atom stereocenters. The molecule has 3 nitrogen and oxygen atoms in total. The first-order chi connectivity index (χ1) is 17.2. The Kier molecular flexibility index (Phi) is 17.7. The van der Waals surface area contributed by atoms with Crippen LogP contribution in [0, 0.1) is 11.8 Å². The van der Waals surface area contributed by atoms with Crippen molar-refractivity contribution in [2.24, 2.45) is 11.8 Å². The number of H-pyrrole nitrogens is 1. The minimum absolute atomic E-state index is 0.0116. The lowest BCUT2D eigenvalue weighted by atomic mass is 9.82. The zero-order chi connectivity index (χ0) is 25.0. The van der Waals surface area contributed by atoms with Crippen molar-refractivity contribution in [3.8, 4) is 5.88 Å². The van der Waals surface area contributed by atoms with Gasteiger partial charge in [0.1, 0.15) is 6.10 Å². The van der Waals surface area contributed by atoms with Gasteiger partial charge in [-0.2, -0.15) is 0 Å². The highest BCUT2D eigenvalue weighted by Crippen LogP contribution is 2.32. The van der Waals surface area contributed by atoms with Gasteiger partial charge in [0, 0.05) is 29.6 Å². The number of aromatic nitrogens is 1. The predicted molar refractivity (Wildman–Crippen MR) is 155 cm³/mol. The highest BCUT2D eigenvalue weighted by Gasteiger charge is 2.27. The highest BCUT2D eigenvalue weighted by molar-refractivity contribution is 9.09. The number of aromatic amines is 1. The van der Waals surface area contributed by atoms with Crippen LogP contribution >= 0.6 is 15.9 Å². The van der Waals surface area contributed by atoms with Crippen LogP contribution < -0.4 is 10.2 Å². The van der Waals surface area contributed by atoms with Gasteiger partial charge in [-0.25, -0.2) is 0 Å². The minimum atomic E-state index is 0.0116. The summed E-state index contributed by atoms with van der Waals surface area (Å²) >= 11 is 3.80. The van der Waals surface area contributed by atoms with Crippen LogP contribution in [0.25, 0.3) is 0 Å². The SMILES string of the molecule is CCCCCCCCCCCCCCCCC(CBr)C(CC1CCCCC1)Oc1cc(=O)cc[nH]1. The normalized spacial score (nSPS) is 16.3. The van der Waals surface area contributed by atoms with Gasteiger partial charge in [0.15, 0.2) is 11.3 Å². The molecular weight excluding hydrogens is 498 g/mol. The second-order valence-corrected chi connectivity index (χ2v) is 11.7. The van der Waals surface area contributed by atoms with Crippen molar-refractivity contribution < 1.29 is 4.74 Å². The van der Waals surface area contributed by atoms with E-state index in [9.17, 15) is 4.79 Å². The van der Waals surface area contributed by atoms with E-state index >= 15 is 0 Å². The van der Waals surface area contributed by atoms with Gasteiger partial charge < -0.3 is 9.72 Å². The van der Waals surface area contributed by atoms with Crippen LogP contribution in [0.15, 0.2) is 23.1 Å². The third-order valence-electron chi connectivity index (χ3n) is 7.97. The monoisotopic (exact) mass is 551 g/mol. The van der Waals surface area contributed by atoms with Crippen LogP contribution in [0.3, 0.4) is 0 Å². The first-order valence-corrected chi connectivity index (χ1v) is 16.3. The van der Waals surface area contributed by atoms with E-state index < -0.39 is 0 Å². The summed E-state index contributed by atoms with van der Waals surface area (Å²) < 4.78 is 6.44. The first-order valence-electron chi connectivity index (χ1n) is 15.1. The molecule has 1 saturated carbocycles. The summed E-state index contributed by atoms with van der Waals surface area (Å²) in [7, 11) is 0. The molecule has 1 aromatic rings. The number of alkyl halides is 1. The Balaban J connectivity index is 1.63. The number of hydrogen-bond donors (Lipinski definition) is 1. The molecule has 0 aliphatic heterocycles. The number of ether oxygens (including phenoxy) is 1. The van der Waals surface area contributed by atoms with Gasteiger partial charge in [0.05, 0.1) is 0 Å². The van der Waals surface area contributed by atoms with Gasteiger partial charge in [0.25, 0.3) is 0 Å². The molecule has 1 aliphatic rings. The minimum Gasteiger partial charge on any atom is -0.475 e. The Labute approximate surface area is 224 Å². The van der Waals surface area contributed by atoms with Crippen LogP contribution in [-0.4, -0.2) is 16.4 Å². The molecule has 0 spiro atoms.